The van der Waals surface area contributed by atoms with Gasteiger partial charge in [0.25, 0.3) is 0 Å². The van der Waals surface area contributed by atoms with Crippen molar-refractivity contribution in [3.63, 3.8) is 0 Å². The minimum atomic E-state index is -0.204. The summed E-state index contributed by atoms with van der Waals surface area (Å²) in [4.78, 5) is 15.8. The number of urea groups is 1. The highest BCUT2D eigenvalue weighted by molar-refractivity contribution is 5.89. The van der Waals surface area contributed by atoms with Gasteiger partial charge in [0.15, 0.2) is 0 Å². The number of rotatable bonds is 5. The van der Waals surface area contributed by atoms with Crippen molar-refractivity contribution in [1.29, 1.82) is 0 Å². The van der Waals surface area contributed by atoms with E-state index in [1.54, 1.807) is 0 Å². The smallest absolute Gasteiger partial charge is 0.319 e. The summed E-state index contributed by atoms with van der Waals surface area (Å²) in [7, 11) is 0. The molecule has 0 aliphatic rings. The highest BCUT2D eigenvalue weighted by atomic mass is 16.2. The van der Waals surface area contributed by atoms with Crippen LogP contribution in [0.1, 0.15) is 22.6 Å². The SMILES string of the molecule is Cc1ccc(NC(=O)NC[C@H](c2ccccc2)c2c[nH]c3ccccc23)cc1. The van der Waals surface area contributed by atoms with Crippen molar-refractivity contribution in [2.75, 3.05) is 11.9 Å². The second-order valence-corrected chi connectivity index (χ2v) is 6.95. The van der Waals surface area contributed by atoms with Crippen molar-refractivity contribution in [2.24, 2.45) is 0 Å². The molecule has 4 rings (SSSR count). The average molecular weight is 369 g/mol. The minimum Gasteiger partial charge on any atom is -0.361 e. The molecular weight excluding hydrogens is 346 g/mol. The maximum absolute atomic E-state index is 12.4. The molecule has 0 fully saturated rings. The average Bonchev–Trinajstić information content (AvgIpc) is 3.15. The maximum atomic E-state index is 12.4. The number of nitrogens with one attached hydrogen (secondary N) is 3. The molecule has 0 radical (unpaired) electrons. The standard InChI is InChI=1S/C24H23N3O/c1-17-11-13-19(14-12-17)27-24(28)26-15-21(18-7-3-2-4-8-18)22-16-25-23-10-6-5-9-20(22)23/h2-14,16,21,25H,15H2,1H3,(H2,26,27,28)/t21-/m1/s1. The first-order valence-electron chi connectivity index (χ1n) is 9.43. The van der Waals surface area contributed by atoms with E-state index in [0.717, 1.165) is 16.8 Å². The van der Waals surface area contributed by atoms with Crippen LogP contribution in [0.4, 0.5) is 10.5 Å². The lowest BCUT2D eigenvalue weighted by molar-refractivity contribution is 0.252. The van der Waals surface area contributed by atoms with E-state index in [-0.39, 0.29) is 11.9 Å². The van der Waals surface area contributed by atoms with E-state index < -0.39 is 0 Å². The van der Waals surface area contributed by atoms with Crippen LogP contribution < -0.4 is 10.6 Å². The van der Waals surface area contributed by atoms with Crippen molar-refractivity contribution in [3.8, 4) is 0 Å². The molecule has 1 aromatic heterocycles. The summed E-state index contributed by atoms with van der Waals surface area (Å²) in [6, 6.07) is 26.1. The number of aromatic amines is 1. The number of hydrogen-bond donors (Lipinski definition) is 3. The number of carbonyl (C=O) groups is 1. The quantitative estimate of drug-likeness (QED) is 0.432. The maximum Gasteiger partial charge on any atom is 0.319 e. The van der Waals surface area contributed by atoms with E-state index in [1.165, 1.54) is 16.5 Å². The Morgan fingerprint density at radius 1 is 0.929 bits per heavy atom. The lowest BCUT2D eigenvalue weighted by Crippen LogP contribution is -2.32. The third kappa shape index (κ3) is 3.91. The van der Waals surface area contributed by atoms with Gasteiger partial charge >= 0.3 is 6.03 Å². The predicted octanol–water partition coefficient (Wildman–Crippen LogP) is 5.43. The zero-order chi connectivity index (χ0) is 19.3. The second kappa shape index (κ2) is 8.01. The minimum absolute atomic E-state index is 0.0566. The Hall–Kier alpha value is -3.53. The number of H-pyrrole nitrogens is 1. The van der Waals surface area contributed by atoms with E-state index in [9.17, 15) is 4.79 Å². The van der Waals surface area contributed by atoms with Crippen LogP contribution in [0.2, 0.25) is 0 Å². The largest absolute Gasteiger partial charge is 0.361 e. The van der Waals surface area contributed by atoms with Crippen molar-refractivity contribution >= 4 is 22.6 Å². The highest BCUT2D eigenvalue weighted by Gasteiger charge is 2.18. The molecule has 4 aromatic rings. The van der Waals surface area contributed by atoms with Gasteiger partial charge in [-0.15, -0.1) is 0 Å². The number of aryl methyl sites for hydroxylation is 1. The lowest BCUT2D eigenvalue weighted by atomic mass is 9.91. The summed E-state index contributed by atoms with van der Waals surface area (Å²) >= 11 is 0. The molecule has 140 valence electrons. The number of para-hydroxylation sites is 1. The Bertz CT molecular complexity index is 1070. The van der Waals surface area contributed by atoms with Gasteiger partial charge in [0, 0.05) is 35.2 Å². The molecule has 0 spiro atoms. The van der Waals surface area contributed by atoms with Gasteiger partial charge in [-0.2, -0.15) is 0 Å². The summed E-state index contributed by atoms with van der Waals surface area (Å²) in [5, 5.41) is 7.11. The Kier molecular flexibility index (Phi) is 5.11. The zero-order valence-corrected chi connectivity index (χ0v) is 15.8. The summed E-state index contributed by atoms with van der Waals surface area (Å²) in [6.07, 6.45) is 2.04. The van der Waals surface area contributed by atoms with Crippen LogP contribution in [0.15, 0.2) is 85.1 Å². The fraction of sp³-hybridized carbons (Fsp3) is 0.125. The number of benzene rings is 3. The van der Waals surface area contributed by atoms with Gasteiger partial charge in [-0.25, -0.2) is 4.79 Å². The molecular formula is C24H23N3O. The van der Waals surface area contributed by atoms with Gasteiger partial charge in [0.2, 0.25) is 0 Å². The molecule has 0 bridgehead atoms. The lowest BCUT2D eigenvalue weighted by Gasteiger charge is -2.18. The number of anilines is 1. The van der Waals surface area contributed by atoms with Crippen LogP contribution in [0, 0.1) is 6.92 Å². The van der Waals surface area contributed by atoms with Gasteiger partial charge in [-0.3, -0.25) is 0 Å². The van der Waals surface area contributed by atoms with Crippen LogP contribution in [-0.4, -0.2) is 17.6 Å². The number of aromatic nitrogens is 1. The number of amides is 2. The number of fused-ring (bicyclic) bond motifs is 1. The van der Waals surface area contributed by atoms with Crippen LogP contribution in [0.25, 0.3) is 10.9 Å². The fourth-order valence-corrected chi connectivity index (χ4v) is 3.48. The summed E-state index contributed by atoms with van der Waals surface area (Å²) in [5.41, 5.74) is 5.39. The van der Waals surface area contributed by atoms with Crippen LogP contribution in [0.3, 0.4) is 0 Å². The van der Waals surface area contributed by atoms with Gasteiger partial charge in [0.05, 0.1) is 0 Å². The topological polar surface area (TPSA) is 56.9 Å². The van der Waals surface area contributed by atoms with Crippen molar-refractivity contribution < 1.29 is 4.79 Å². The van der Waals surface area contributed by atoms with Crippen molar-refractivity contribution in [1.82, 2.24) is 10.3 Å². The Morgan fingerprint density at radius 2 is 1.64 bits per heavy atom. The zero-order valence-electron chi connectivity index (χ0n) is 15.8. The van der Waals surface area contributed by atoms with E-state index >= 15 is 0 Å². The first kappa shape index (κ1) is 17.9. The first-order chi connectivity index (χ1) is 13.7. The Balaban J connectivity index is 1.55. The molecule has 3 aromatic carbocycles. The molecule has 28 heavy (non-hydrogen) atoms. The summed E-state index contributed by atoms with van der Waals surface area (Å²) < 4.78 is 0. The Labute approximate surface area is 164 Å². The molecule has 0 unspecified atom stereocenters. The van der Waals surface area contributed by atoms with E-state index in [1.807, 2.05) is 67.7 Å². The van der Waals surface area contributed by atoms with Crippen LogP contribution in [-0.2, 0) is 0 Å². The van der Waals surface area contributed by atoms with E-state index in [0.29, 0.717) is 6.54 Å². The second-order valence-electron chi connectivity index (χ2n) is 6.95. The molecule has 4 nitrogen and oxygen atoms in total. The van der Waals surface area contributed by atoms with Crippen molar-refractivity contribution in [2.45, 2.75) is 12.8 Å². The molecule has 3 N–H and O–H groups in total. The molecule has 0 aliphatic heterocycles. The van der Waals surface area contributed by atoms with Crippen LogP contribution in [0.5, 0.6) is 0 Å². The van der Waals surface area contributed by atoms with Crippen LogP contribution >= 0.6 is 0 Å². The van der Waals surface area contributed by atoms with E-state index in [2.05, 4.69) is 39.9 Å². The summed E-state index contributed by atoms with van der Waals surface area (Å²) in [6.45, 7) is 2.53. The Morgan fingerprint density at radius 3 is 2.43 bits per heavy atom. The van der Waals surface area contributed by atoms with Crippen molar-refractivity contribution in [3.05, 3.63) is 102 Å². The van der Waals surface area contributed by atoms with Gasteiger partial charge < -0.3 is 15.6 Å². The molecule has 0 aliphatic carbocycles. The predicted molar refractivity (Wildman–Crippen MR) is 115 cm³/mol. The molecule has 1 heterocycles. The molecule has 4 heteroatoms. The number of carbonyl (C=O) groups excluding carboxylic acids is 1. The number of hydrogen-bond acceptors (Lipinski definition) is 1. The third-order valence-electron chi connectivity index (χ3n) is 4.97. The summed E-state index contributed by atoms with van der Waals surface area (Å²) in [5.74, 6) is 0.0566. The van der Waals surface area contributed by atoms with E-state index in [4.69, 9.17) is 0 Å². The molecule has 1 atom stereocenters. The fourth-order valence-electron chi connectivity index (χ4n) is 3.48. The first-order valence-corrected chi connectivity index (χ1v) is 9.43. The van der Waals surface area contributed by atoms with Gasteiger partial charge in [0.1, 0.15) is 0 Å². The van der Waals surface area contributed by atoms with Gasteiger partial charge in [-0.1, -0.05) is 66.2 Å². The normalized spacial score (nSPS) is 11.9. The molecule has 0 saturated carbocycles. The molecule has 0 saturated heterocycles. The van der Waals surface area contributed by atoms with Gasteiger partial charge in [-0.05, 0) is 36.2 Å². The highest BCUT2D eigenvalue weighted by Crippen LogP contribution is 2.30. The monoisotopic (exact) mass is 369 g/mol. The molecule has 2 amide bonds. The third-order valence-corrected chi connectivity index (χ3v) is 4.97.